The van der Waals surface area contributed by atoms with E-state index in [0.717, 1.165) is 12.1 Å². The van der Waals surface area contributed by atoms with Crippen molar-refractivity contribution in [1.29, 1.82) is 0 Å². The number of benzene rings is 1. The molecule has 3 N–H and O–H groups in total. The number of amides is 4. The Labute approximate surface area is 152 Å². The quantitative estimate of drug-likeness (QED) is 0.534. The molecule has 12 heteroatoms. The lowest BCUT2D eigenvalue weighted by atomic mass is 10.2. The molecule has 0 atom stereocenters. The van der Waals surface area contributed by atoms with Gasteiger partial charge in [0.15, 0.2) is 18.1 Å². The zero-order valence-electron chi connectivity index (χ0n) is 14.3. The van der Waals surface area contributed by atoms with Crippen LogP contribution in [0.4, 0.5) is 13.6 Å². The summed E-state index contributed by atoms with van der Waals surface area (Å²) in [5, 5.41) is 6.23. The molecule has 0 fully saturated rings. The van der Waals surface area contributed by atoms with Gasteiger partial charge in [0.2, 0.25) is 0 Å². The fourth-order valence-electron chi connectivity index (χ4n) is 1.68. The van der Waals surface area contributed by atoms with Crippen LogP contribution < -0.4 is 25.4 Å². The van der Waals surface area contributed by atoms with Gasteiger partial charge in [-0.2, -0.15) is 8.78 Å². The van der Waals surface area contributed by atoms with Gasteiger partial charge in [0.05, 0.1) is 7.11 Å². The average Bonchev–Trinajstić information content (AvgIpc) is 2.64. The summed E-state index contributed by atoms with van der Waals surface area (Å²) >= 11 is 0. The van der Waals surface area contributed by atoms with Gasteiger partial charge in [0.1, 0.15) is 6.54 Å². The van der Waals surface area contributed by atoms with E-state index in [-0.39, 0.29) is 17.1 Å². The minimum atomic E-state index is -3.06. The van der Waals surface area contributed by atoms with Gasteiger partial charge in [0, 0.05) is 12.6 Å². The predicted octanol–water partition coefficient (Wildman–Crippen LogP) is 0.0252. The largest absolute Gasteiger partial charge is 0.493 e. The molecule has 1 rings (SSSR count). The second-order valence-corrected chi connectivity index (χ2v) is 4.71. The fourth-order valence-corrected chi connectivity index (χ4v) is 1.68. The van der Waals surface area contributed by atoms with Crippen LogP contribution in [0.25, 0.3) is 0 Å². The summed E-state index contributed by atoms with van der Waals surface area (Å²) in [5.41, 5.74) is 0.0126. The van der Waals surface area contributed by atoms with Crippen LogP contribution in [-0.2, 0) is 14.3 Å². The smallest absolute Gasteiger partial charge is 0.387 e. The van der Waals surface area contributed by atoms with Gasteiger partial charge < -0.3 is 24.8 Å². The lowest BCUT2D eigenvalue weighted by molar-refractivity contribution is -0.147. The zero-order chi connectivity index (χ0) is 20.4. The highest BCUT2D eigenvalue weighted by Gasteiger charge is 2.16. The van der Waals surface area contributed by atoms with E-state index >= 15 is 0 Å². The number of nitrogens with one attached hydrogen (secondary N) is 3. The van der Waals surface area contributed by atoms with Gasteiger partial charge in [-0.25, -0.2) is 4.79 Å². The Morgan fingerprint density at radius 3 is 2.44 bits per heavy atom. The third-order valence-electron chi connectivity index (χ3n) is 2.88. The van der Waals surface area contributed by atoms with Crippen LogP contribution in [0.5, 0.6) is 11.5 Å². The number of halogens is 2. The maximum absolute atomic E-state index is 12.3. The third kappa shape index (κ3) is 7.54. The molecule has 10 nitrogen and oxygen atoms in total. The Bertz CT molecular complexity index is 713. The SMILES string of the molecule is CNC(=O)NC(=O)COC(=O)CNC(=O)c1ccc(OC(F)F)c(OC)c1. The second-order valence-electron chi connectivity index (χ2n) is 4.71. The molecule has 1 aromatic rings. The minimum Gasteiger partial charge on any atom is -0.493 e. The van der Waals surface area contributed by atoms with Crippen molar-refractivity contribution in [2.24, 2.45) is 0 Å². The van der Waals surface area contributed by atoms with Gasteiger partial charge in [-0.3, -0.25) is 19.7 Å². The van der Waals surface area contributed by atoms with Crippen molar-refractivity contribution in [2.45, 2.75) is 6.61 Å². The number of esters is 1. The normalized spacial score (nSPS) is 9.96. The van der Waals surface area contributed by atoms with Gasteiger partial charge >= 0.3 is 18.6 Å². The number of hydrogen-bond donors (Lipinski definition) is 3. The van der Waals surface area contributed by atoms with E-state index in [1.807, 2.05) is 5.32 Å². The van der Waals surface area contributed by atoms with Crippen LogP contribution in [0, 0.1) is 0 Å². The fraction of sp³-hybridized carbons (Fsp3) is 0.333. The lowest BCUT2D eigenvalue weighted by Crippen LogP contribution is -2.40. The second kappa shape index (κ2) is 10.5. The summed E-state index contributed by atoms with van der Waals surface area (Å²) in [5.74, 6) is -2.86. The van der Waals surface area contributed by atoms with Crippen molar-refractivity contribution in [3.63, 3.8) is 0 Å². The third-order valence-corrected chi connectivity index (χ3v) is 2.88. The summed E-state index contributed by atoms with van der Waals surface area (Å²) in [4.78, 5) is 45.6. The summed E-state index contributed by atoms with van der Waals surface area (Å²) in [6.07, 6.45) is 0. The first kappa shape index (κ1) is 21.6. The van der Waals surface area contributed by atoms with Crippen molar-refractivity contribution in [1.82, 2.24) is 16.0 Å². The first-order valence-corrected chi connectivity index (χ1v) is 7.35. The molecule has 0 saturated carbocycles. The Balaban J connectivity index is 2.53. The standard InChI is InChI=1S/C15H17F2N3O7/c1-18-15(24)20-11(21)7-26-12(22)6-19-13(23)8-3-4-9(27-14(16)17)10(5-8)25-2/h3-5,14H,6-7H2,1-2H3,(H,19,23)(H2,18,20,21,24). The van der Waals surface area contributed by atoms with Gasteiger partial charge in [-0.1, -0.05) is 0 Å². The van der Waals surface area contributed by atoms with Crippen molar-refractivity contribution in [3.05, 3.63) is 23.8 Å². The summed E-state index contributed by atoms with van der Waals surface area (Å²) in [6, 6.07) is 2.69. The molecule has 0 unspecified atom stereocenters. The maximum Gasteiger partial charge on any atom is 0.387 e. The molecule has 1 aromatic carbocycles. The zero-order valence-corrected chi connectivity index (χ0v) is 14.3. The Morgan fingerprint density at radius 1 is 1.15 bits per heavy atom. The number of urea groups is 1. The number of rotatable bonds is 8. The monoisotopic (exact) mass is 389 g/mol. The number of carbonyl (C=O) groups excluding carboxylic acids is 4. The van der Waals surface area contributed by atoms with Gasteiger partial charge in [-0.15, -0.1) is 0 Å². The van der Waals surface area contributed by atoms with Crippen LogP contribution >= 0.6 is 0 Å². The lowest BCUT2D eigenvalue weighted by Gasteiger charge is -2.11. The molecule has 0 aliphatic rings. The molecular weight excluding hydrogens is 372 g/mol. The number of carbonyl (C=O) groups is 4. The predicted molar refractivity (Wildman–Crippen MR) is 85.5 cm³/mol. The topological polar surface area (TPSA) is 132 Å². The molecule has 0 radical (unpaired) electrons. The molecule has 0 aliphatic heterocycles. The highest BCUT2D eigenvalue weighted by molar-refractivity contribution is 5.97. The van der Waals surface area contributed by atoms with E-state index in [1.165, 1.54) is 20.2 Å². The number of methoxy groups -OCH3 is 1. The average molecular weight is 389 g/mol. The molecule has 0 spiro atoms. The number of hydrogen-bond acceptors (Lipinski definition) is 7. The van der Waals surface area contributed by atoms with Crippen LogP contribution in [0.1, 0.15) is 10.4 Å². The number of ether oxygens (including phenoxy) is 3. The molecule has 0 aliphatic carbocycles. The summed E-state index contributed by atoms with van der Waals surface area (Å²) < 4.78 is 38.2. The Kier molecular flexibility index (Phi) is 8.42. The molecule has 0 bridgehead atoms. The first-order valence-electron chi connectivity index (χ1n) is 7.35. The van der Waals surface area contributed by atoms with Crippen LogP contribution in [-0.4, -0.2) is 57.7 Å². The molecule has 0 aromatic heterocycles. The van der Waals surface area contributed by atoms with Crippen LogP contribution in [0.2, 0.25) is 0 Å². The molecule has 0 heterocycles. The number of imide groups is 1. The van der Waals surface area contributed by atoms with E-state index in [0.29, 0.717) is 0 Å². The van der Waals surface area contributed by atoms with Gasteiger partial charge in [0.25, 0.3) is 11.8 Å². The van der Waals surface area contributed by atoms with Crippen LogP contribution in [0.15, 0.2) is 18.2 Å². The first-order chi connectivity index (χ1) is 12.8. The molecule has 27 heavy (non-hydrogen) atoms. The number of alkyl halides is 2. The van der Waals surface area contributed by atoms with Crippen molar-refractivity contribution < 1.29 is 42.2 Å². The van der Waals surface area contributed by atoms with Crippen molar-refractivity contribution in [3.8, 4) is 11.5 Å². The van der Waals surface area contributed by atoms with E-state index in [2.05, 4.69) is 20.1 Å². The van der Waals surface area contributed by atoms with Crippen molar-refractivity contribution in [2.75, 3.05) is 27.3 Å². The van der Waals surface area contributed by atoms with Crippen molar-refractivity contribution >= 4 is 23.8 Å². The molecule has 4 amide bonds. The molecular formula is C15H17F2N3O7. The van der Waals surface area contributed by atoms with Gasteiger partial charge in [-0.05, 0) is 18.2 Å². The highest BCUT2D eigenvalue weighted by Crippen LogP contribution is 2.29. The maximum atomic E-state index is 12.3. The van der Waals surface area contributed by atoms with E-state index in [4.69, 9.17) is 4.74 Å². The van der Waals surface area contributed by atoms with E-state index in [9.17, 15) is 28.0 Å². The molecule has 148 valence electrons. The van der Waals surface area contributed by atoms with E-state index < -0.39 is 43.6 Å². The van der Waals surface area contributed by atoms with Crippen LogP contribution in [0.3, 0.4) is 0 Å². The summed E-state index contributed by atoms with van der Waals surface area (Å²) in [7, 11) is 2.50. The Morgan fingerprint density at radius 2 is 1.85 bits per heavy atom. The minimum absolute atomic E-state index is 0.0126. The van der Waals surface area contributed by atoms with E-state index in [1.54, 1.807) is 0 Å². The highest BCUT2D eigenvalue weighted by atomic mass is 19.3. The Hall–Kier alpha value is -3.44. The summed E-state index contributed by atoms with van der Waals surface area (Å²) in [6.45, 7) is -4.34. The molecule has 0 saturated heterocycles.